The van der Waals surface area contributed by atoms with Crippen LogP contribution in [0, 0.1) is 5.82 Å². The molecule has 0 aliphatic carbocycles. The fourth-order valence-electron chi connectivity index (χ4n) is 1.93. The standard InChI is InChI=1S/C14H15FN2O/c15-11-5-3-4-10(8-11)14(18)12(9-16)13-6-1-2-7-17-13/h1-8,12,14,18H,9,16H2. The molecule has 0 spiro atoms. The minimum Gasteiger partial charge on any atom is -0.388 e. The van der Waals surface area contributed by atoms with Gasteiger partial charge in [0, 0.05) is 24.4 Å². The molecule has 1 aromatic carbocycles. The highest BCUT2D eigenvalue weighted by Crippen LogP contribution is 2.29. The van der Waals surface area contributed by atoms with Crippen molar-refractivity contribution >= 4 is 0 Å². The van der Waals surface area contributed by atoms with Crippen LogP contribution < -0.4 is 5.73 Å². The molecule has 94 valence electrons. The monoisotopic (exact) mass is 246 g/mol. The molecule has 18 heavy (non-hydrogen) atoms. The summed E-state index contributed by atoms with van der Waals surface area (Å²) in [6.07, 6.45) is 0.789. The number of aromatic nitrogens is 1. The molecule has 1 heterocycles. The molecule has 3 nitrogen and oxygen atoms in total. The number of hydrogen-bond acceptors (Lipinski definition) is 3. The van der Waals surface area contributed by atoms with Crippen LogP contribution in [-0.4, -0.2) is 16.6 Å². The summed E-state index contributed by atoms with van der Waals surface area (Å²) in [4.78, 5) is 4.19. The van der Waals surface area contributed by atoms with E-state index in [0.717, 1.165) is 0 Å². The van der Waals surface area contributed by atoms with Gasteiger partial charge in [-0.25, -0.2) is 4.39 Å². The summed E-state index contributed by atoms with van der Waals surface area (Å²) >= 11 is 0. The van der Waals surface area contributed by atoms with Crippen LogP contribution >= 0.6 is 0 Å². The average Bonchev–Trinajstić information content (AvgIpc) is 2.41. The first-order valence-corrected chi connectivity index (χ1v) is 5.77. The van der Waals surface area contributed by atoms with Gasteiger partial charge in [-0.3, -0.25) is 4.98 Å². The van der Waals surface area contributed by atoms with Crippen LogP contribution in [0.1, 0.15) is 23.3 Å². The van der Waals surface area contributed by atoms with Gasteiger partial charge in [0.1, 0.15) is 5.82 Å². The molecule has 2 atom stereocenters. The summed E-state index contributed by atoms with van der Waals surface area (Å²) in [6, 6.07) is 11.3. The Balaban J connectivity index is 2.28. The molecule has 3 N–H and O–H groups in total. The number of benzene rings is 1. The van der Waals surface area contributed by atoms with E-state index in [1.165, 1.54) is 12.1 Å². The third-order valence-corrected chi connectivity index (χ3v) is 2.89. The van der Waals surface area contributed by atoms with Crippen molar-refractivity contribution < 1.29 is 9.50 Å². The Morgan fingerprint density at radius 2 is 2.06 bits per heavy atom. The lowest BCUT2D eigenvalue weighted by molar-refractivity contribution is 0.145. The van der Waals surface area contributed by atoms with Crippen molar-refractivity contribution in [2.24, 2.45) is 5.73 Å². The minimum atomic E-state index is -0.861. The van der Waals surface area contributed by atoms with Crippen LogP contribution in [0.2, 0.25) is 0 Å². The molecule has 0 amide bonds. The Hall–Kier alpha value is -1.78. The third kappa shape index (κ3) is 2.72. The number of nitrogens with two attached hydrogens (primary N) is 1. The van der Waals surface area contributed by atoms with Gasteiger partial charge >= 0.3 is 0 Å². The van der Waals surface area contributed by atoms with Crippen molar-refractivity contribution in [1.82, 2.24) is 4.98 Å². The summed E-state index contributed by atoms with van der Waals surface area (Å²) in [5.74, 6) is -0.712. The molecule has 0 aliphatic heterocycles. The minimum absolute atomic E-state index is 0.245. The number of aliphatic hydroxyl groups excluding tert-OH is 1. The number of rotatable bonds is 4. The predicted octanol–water partition coefficient (Wildman–Crippen LogP) is 2.00. The van der Waals surface area contributed by atoms with Gasteiger partial charge in [0.15, 0.2) is 0 Å². The summed E-state index contributed by atoms with van der Waals surface area (Å²) in [6.45, 7) is 0.245. The van der Waals surface area contributed by atoms with E-state index in [4.69, 9.17) is 5.73 Å². The molecule has 1 aromatic heterocycles. The first kappa shape index (κ1) is 12.7. The molecular formula is C14H15FN2O. The molecule has 0 aliphatic rings. The lowest BCUT2D eigenvalue weighted by Gasteiger charge is -2.21. The van der Waals surface area contributed by atoms with E-state index in [-0.39, 0.29) is 18.3 Å². The molecule has 0 saturated heterocycles. The maximum absolute atomic E-state index is 13.1. The lowest BCUT2D eigenvalue weighted by Crippen LogP contribution is -2.21. The second-order valence-corrected chi connectivity index (χ2v) is 4.10. The average molecular weight is 246 g/mol. The Kier molecular flexibility index (Phi) is 4.02. The first-order chi connectivity index (χ1) is 8.72. The zero-order valence-corrected chi connectivity index (χ0v) is 9.83. The lowest BCUT2D eigenvalue weighted by atomic mass is 9.92. The van der Waals surface area contributed by atoms with E-state index < -0.39 is 6.10 Å². The molecule has 0 radical (unpaired) electrons. The van der Waals surface area contributed by atoms with Gasteiger partial charge in [0.25, 0.3) is 0 Å². The summed E-state index contributed by atoms with van der Waals surface area (Å²) in [5.41, 5.74) is 6.90. The Labute approximate surface area is 105 Å². The highest BCUT2D eigenvalue weighted by Gasteiger charge is 2.22. The molecule has 0 saturated carbocycles. The van der Waals surface area contributed by atoms with E-state index in [9.17, 15) is 9.50 Å². The second kappa shape index (κ2) is 5.71. The SMILES string of the molecule is NCC(c1ccccn1)C(O)c1cccc(F)c1. The molecule has 0 bridgehead atoms. The van der Waals surface area contributed by atoms with Crippen molar-refractivity contribution in [3.8, 4) is 0 Å². The van der Waals surface area contributed by atoms with Crippen molar-refractivity contribution in [1.29, 1.82) is 0 Å². The third-order valence-electron chi connectivity index (χ3n) is 2.89. The number of nitrogens with zero attached hydrogens (tertiary/aromatic N) is 1. The Bertz CT molecular complexity index is 504. The normalized spacial score (nSPS) is 14.2. The van der Waals surface area contributed by atoms with Crippen LogP contribution in [0.5, 0.6) is 0 Å². The van der Waals surface area contributed by atoms with Crippen LogP contribution in [0.25, 0.3) is 0 Å². The van der Waals surface area contributed by atoms with Gasteiger partial charge < -0.3 is 10.8 Å². The zero-order valence-electron chi connectivity index (χ0n) is 9.83. The van der Waals surface area contributed by atoms with E-state index in [1.807, 2.05) is 6.07 Å². The highest BCUT2D eigenvalue weighted by molar-refractivity contribution is 5.24. The molecule has 2 aromatic rings. The fraction of sp³-hybridized carbons (Fsp3) is 0.214. The number of hydrogen-bond donors (Lipinski definition) is 2. The van der Waals surface area contributed by atoms with Crippen LogP contribution in [0.3, 0.4) is 0 Å². The zero-order chi connectivity index (χ0) is 13.0. The Morgan fingerprint density at radius 3 is 2.67 bits per heavy atom. The molecule has 2 rings (SSSR count). The predicted molar refractivity (Wildman–Crippen MR) is 67.4 cm³/mol. The largest absolute Gasteiger partial charge is 0.388 e. The van der Waals surface area contributed by atoms with Gasteiger partial charge in [0.2, 0.25) is 0 Å². The van der Waals surface area contributed by atoms with Crippen molar-refractivity contribution in [3.05, 3.63) is 65.7 Å². The quantitative estimate of drug-likeness (QED) is 0.867. The molecule has 2 unspecified atom stereocenters. The van der Waals surface area contributed by atoms with Crippen molar-refractivity contribution in [3.63, 3.8) is 0 Å². The molecular weight excluding hydrogens is 231 g/mol. The fourth-order valence-corrected chi connectivity index (χ4v) is 1.93. The van der Waals surface area contributed by atoms with Crippen LogP contribution in [0.4, 0.5) is 4.39 Å². The number of pyridine rings is 1. The summed E-state index contributed by atoms with van der Waals surface area (Å²) in [5, 5.41) is 10.3. The summed E-state index contributed by atoms with van der Waals surface area (Å²) < 4.78 is 13.1. The topological polar surface area (TPSA) is 59.1 Å². The van der Waals surface area contributed by atoms with Gasteiger partial charge in [-0.1, -0.05) is 18.2 Å². The van der Waals surface area contributed by atoms with Gasteiger partial charge in [-0.2, -0.15) is 0 Å². The number of aliphatic hydroxyl groups is 1. The summed E-state index contributed by atoms with van der Waals surface area (Å²) in [7, 11) is 0. The maximum atomic E-state index is 13.1. The van der Waals surface area contributed by atoms with E-state index in [2.05, 4.69) is 4.98 Å². The van der Waals surface area contributed by atoms with Crippen LogP contribution in [0.15, 0.2) is 48.7 Å². The van der Waals surface area contributed by atoms with E-state index >= 15 is 0 Å². The molecule has 0 fully saturated rings. The number of halogens is 1. The van der Waals surface area contributed by atoms with Crippen LogP contribution in [-0.2, 0) is 0 Å². The van der Waals surface area contributed by atoms with Gasteiger partial charge in [-0.15, -0.1) is 0 Å². The van der Waals surface area contributed by atoms with E-state index in [1.54, 1.807) is 30.5 Å². The van der Waals surface area contributed by atoms with Crippen molar-refractivity contribution in [2.45, 2.75) is 12.0 Å². The second-order valence-electron chi connectivity index (χ2n) is 4.10. The van der Waals surface area contributed by atoms with Gasteiger partial charge in [0.05, 0.1) is 6.10 Å². The smallest absolute Gasteiger partial charge is 0.123 e. The highest BCUT2D eigenvalue weighted by atomic mass is 19.1. The van der Waals surface area contributed by atoms with Gasteiger partial charge in [-0.05, 0) is 29.8 Å². The van der Waals surface area contributed by atoms with E-state index in [0.29, 0.717) is 11.3 Å². The molecule has 4 heteroatoms. The first-order valence-electron chi connectivity index (χ1n) is 5.77. The Morgan fingerprint density at radius 1 is 1.22 bits per heavy atom. The van der Waals surface area contributed by atoms with Crippen molar-refractivity contribution in [2.75, 3.05) is 6.54 Å². The maximum Gasteiger partial charge on any atom is 0.123 e.